The van der Waals surface area contributed by atoms with Crippen molar-refractivity contribution in [3.63, 3.8) is 0 Å². The van der Waals surface area contributed by atoms with Crippen LogP contribution >= 0.6 is 0 Å². The molecule has 0 aliphatic heterocycles. The minimum Gasteiger partial charge on any atom is -0.493 e. The second-order valence-corrected chi connectivity index (χ2v) is 3.54. The first-order valence-electron chi connectivity index (χ1n) is 4.97. The lowest BCUT2D eigenvalue weighted by molar-refractivity contribution is -0.118. The Hall–Kier alpha value is -1.62. The van der Waals surface area contributed by atoms with Crippen molar-refractivity contribution in [1.82, 2.24) is 0 Å². The van der Waals surface area contributed by atoms with Crippen LogP contribution in [0.4, 0.5) is 4.39 Å². The van der Waals surface area contributed by atoms with Crippen molar-refractivity contribution < 1.29 is 13.9 Å². The Balaban J connectivity index is 2.63. The molecule has 0 radical (unpaired) electrons. The summed E-state index contributed by atoms with van der Waals surface area (Å²) in [5.41, 5.74) is 10.9. The smallest absolute Gasteiger partial charge is 0.220 e. The molecule has 1 aromatic rings. The molecular formula is C11H15FN2O2. The summed E-state index contributed by atoms with van der Waals surface area (Å²) in [5.74, 6) is -0.498. The summed E-state index contributed by atoms with van der Waals surface area (Å²) in [6.45, 7) is 1.85. The Morgan fingerprint density at radius 1 is 1.56 bits per heavy atom. The zero-order chi connectivity index (χ0) is 12.1. The highest BCUT2D eigenvalue weighted by molar-refractivity contribution is 5.73. The number of rotatable bonds is 5. The number of primary amides is 1. The van der Waals surface area contributed by atoms with Crippen LogP contribution in [0.1, 0.15) is 24.9 Å². The fraction of sp³-hybridized carbons (Fsp3) is 0.364. The lowest BCUT2D eigenvalue weighted by Crippen LogP contribution is -2.14. The third-order valence-electron chi connectivity index (χ3n) is 2.08. The SMILES string of the molecule is C[C@@H](N)c1ccc(OCCC(N)=O)cc1F. The maximum absolute atomic E-state index is 13.4. The third kappa shape index (κ3) is 3.51. The number of hydrogen-bond donors (Lipinski definition) is 2. The Kier molecular flexibility index (Phi) is 4.25. The highest BCUT2D eigenvalue weighted by Gasteiger charge is 2.08. The van der Waals surface area contributed by atoms with Gasteiger partial charge >= 0.3 is 0 Å². The van der Waals surface area contributed by atoms with E-state index in [1.807, 2.05) is 0 Å². The number of nitrogens with two attached hydrogens (primary N) is 2. The molecular weight excluding hydrogens is 211 g/mol. The monoisotopic (exact) mass is 226 g/mol. The van der Waals surface area contributed by atoms with Gasteiger partial charge in [0.25, 0.3) is 0 Å². The Labute approximate surface area is 93.4 Å². The normalized spacial score (nSPS) is 12.2. The van der Waals surface area contributed by atoms with E-state index in [9.17, 15) is 9.18 Å². The van der Waals surface area contributed by atoms with Crippen molar-refractivity contribution >= 4 is 5.91 Å². The second kappa shape index (κ2) is 5.46. The van der Waals surface area contributed by atoms with Crippen molar-refractivity contribution in [3.05, 3.63) is 29.6 Å². The van der Waals surface area contributed by atoms with Gasteiger partial charge in [-0.2, -0.15) is 0 Å². The molecule has 0 aliphatic carbocycles. The minimum absolute atomic E-state index is 0.108. The van der Waals surface area contributed by atoms with Gasteiger partial charge in [-0.25, -0.2) is 4.39 Å². The van der Waals surface area contributed by atoms with Crippen LogP contribution in [-0.4, -0.2) is 12.5 Å². The quantitative estimate of drug-likeness (QED) is 0.789. The van der Waals surface area contributed by atoms with Gasteiger partial charge in [0, 0.05) is 17.7 Å². The molecule has 5 heteroatoms. The maximum atomic E-state index is 13.4. The second-order valence-electron chi connectivity index (χ2n) is 3.54. The summed E-state index contributed by atoms with van der Waals surface area (Å²) in [6.07, 6.45) is 0.108. The third-order valence-corrected chi connectivity index (χ3v) is 2.08. The van der Waals surface area contributed by atoms with Crippen LogP contribution in [0.3, 0.4) is 0 Å². The fourth-order valence-electron chi connectivity index (χ4n) is 1.24. The van der Waals surface area contributed by atoms with Gasteiger partial charge in [0.05, 0.1) is 13.0 Å². The van der Waals surface area contributed by atoms with Crippen LogP contribution in [0, 0.1) is 5.82 Å². The van der Waals surface area contributed by atoms with Crippen molar-refractivity contribution in [3.8, 4) is 5.75 Å². The van der Waals surface area contributed by atoms with Gasteiger partial charge in [-0.15, -0.1) is 0 Å². The average molecular weight is 226 g/mol. The highest BCUT2D eigenvalue weighted by atomic mass is 19.1. The predicted molar refractivity (Wildman–Crippen MR) is 58.3 cm³/mol. The number of halogens is 1. The first-order valence-corrected chi connectivity index (χ1v) is 4.97. The van der Waals surface area contributed by atoms with E-state index >= 15 is 0 Å². The Bertz CT molecular complexity index is 380. The molecule has 0 saturated heterocycles. The van der Waals surface area contributed by atoms with E-state index in [-0.39, 0.29) is 19.1 Å². The number of hydrogen-bond acceptors (Lipinski definition) is 3. The number of benzene rings is 1. The van der Waals surface area contributed by atoms with E-state index in [2.05, 4.69) is 0 Å². The van der Waals surface area contributed by atoms with Crippen molar-refractivity contribution in [1.29, 1.82) is 0 Å². The average Bonchev–Trinajstić information content (AvgIpc) is 2.16. The van der Waals surface area contributed by atoms with Crippen molar-refractivity contribution in [2.75, 3.05) is 6.61 Å². The summed E-state index contributed by atoms with van der Waals surface area (Å²) in [4.78, 5) is 10.5. The topological polar surface area (TPSA) is 78.3 Å². The maximum Gasteiger partial charge on any atom is 0.220 e. The standard InChI is InChI=1S/C11H15FN2O2/c1-7(13)9-3-2-8(6-10(9)12)16-5-4-11(14)15/h2-3,6-7H,4-5,13H2,1H3,(H2,14,15)/t7-/m1/s1. The summed E-state index contributed by atoms with van der Waals surface area (Å²) in [7, 11) is 0. The number of carbonyl (C=O) groups is 1. The molecule has 0 bridgehead atoms. The summed E-state index contributed by atoms with van der Waals surface area (Å²) < 4.78 is 18.6. The van der Waals surface area contributed by atoms with Gasteiger partial charge < -0.3 is 16.2 Å². The van der Waals surface area contributed by atoms with E-state index in [0.29, 0.717) is 11.3 Å². The Morgan fingerprint density at radius 3 is 2.75 bits per heavy atom. The van der Waals surface area contributed by atoms with Gasteiger partial charge in [0.2, 0.25) is 5.91 Å². The first kappa shape index (κ1) is 12.4. The van der Waals surface area contributed by atoms with Crippen LogP contribution in [-0.2, 0) is 4.79 Å². The molecule has 0 aromatic heterocycles. The number of carbonyl (C=O) groups excluding carboxylic acids is 1. The molecule has 0 heterocycles. The lowest BCUT2D eigenvalue weighted by Gasteiger charge is -2.09. The molecule has 0 spiro atoms. The largest absolute Gasteiger partial charge is 0.493 e. The van der Waals surface area contributed by atoms with Crippen LogP contribution < -0.4 is 16.2 Å². The van der Waals surface area contributed by atoms with Gasteiger partial charge in [-0.3, -0.25) is 4.79 Å². The van der Waals surface area contributed by atoms with E-state index in [1.165, 1.54) is 6.07 Å². The molecule has 4 N–H and O–H groups in total. The van der Waals surface area contributed by atoms with E-state index < -0.39 is 11.7 Å². The molecule has 1 aromatic carbocycles. The van der Waals surface area contributed by atoms with E-state index in [0.717, 1.165) is 0 Å². The van der Waals surface area contributed by atoms with Gasteiger partial charge in [0.1, 0.15) is 11.6 Å². The lowest BCUT2D eigenvalue weighted by atomic mass is 10.1. The van der Waals surface area contributed by atoms with Gasteiger partial charge in [-0.1, -0.05) is 6.07 Å². The zero-order valence-electron chi connectivity index (χ0n) is 9.07. The van der Waals surface area contributed by atoms with Gasteiger partial charge in [-0.05, 0) is 13.0 Å². The van der Waals surface area contributed by atoms with E-state index in [4.69, 9.17) is 16.2 Å². The first-order chi connectivity index (χ1) is 7.50. The minimum atomic E-state index is -0.451. The zero-order valence-corrected chi connectivity index (χ0v) is 9.07. The summed E-state index contributed by atoms with van der Waals surface area (Å²) in [6, 6.07) is 4.07. The molecule has 0 unspecified atom stereocenters. The molecule has 88 valence electrons. The Morgan fingerprint density at radius 2 is 2.25 bits per heavy atom. The molecule has 4 nitrogen and oxygen atoms in total. The van der Waals surface area contributed by atoms with Gasteiger partial charge in [0.15, 0.2) is 0 Å². The number of amides is 1. The van der Waals surface area contributed by atoms with Crippen LogP contribution in [0.5, 0.6) is 5.75 Å². The van der Waals surface area contributed by atoms with Crippen molar-refractivity contribution in [2.24, 2.45) is 11.5 Å². The molecule has 1 rings (SSSR count). The highest BCUT2D eigenvalue weighted by Crippen LogP contribution is 2.20. The summed E-state index contributed by atoms with van der Waals surface area (Å²) >= 11 is 0. The predicted octanol–water partition coefficient (Wildman–Crippen LogP) is 1.10. The van der Waals surface area contributed by atoms with E-state index in [1.54, 1.807) is 19.1 Å². The summed E-state index contributed by atoms with van der Waals surface area (Å²) in [5, 5.41) is 0. The fourth-order valence-corrected chi connectivity index (χ4v) is 1.24. The molecule has 1 atom stereocenters. The van der Waals surface area contributed by atoms with Crippen LogP contribution in [0.2, 0.25) is 0 Å². The van der Waals surface area contributed by atoms with Crippen LogP contribution in [0.15, 0.2) is 18.2 Å². The molecule has 0 aliphatic rings. The number of ether oxygens (including phenoxy) is 1. The molecule has 16 heavy (non-hydrogen) atoms. The molecule has 0 fully saturated rings. The molecule has 1 amide bonds. The van der Waals surface area contributed by atoms with Crippen LogP contribution in [0.25, 0.3) is 0 Å². The molecule has 0 saturated carbocycles. The van der Waals surface area contributed by atoms with Crippen molar-refractivity contribution in [2.45, 2.75) is 19.4 Å².